The van der Waals surface area contributed by atoms with E-state index in [0.717, 1.165) is 38.5 Å². The molecule has 0 unspecified atom stereocenters. The van der Waals surface area contributed by atoms with E-state index >= 15 is 0 Å². The van der Waals surface area contributed by atoms with E-state index in [9.17, 15) is 14.7 Å². The zero-order chi connectivity index (χ0) is 15.8. The second-order valence-corrected chi connectivity index (χ2v) is 7.18. The van der Waals surface area contributed by atoms with Gasteiger partial charge in [-0.05, 0) is 31.6 Å². The van der Waals surface area contributed by atoms with Crippen LogP contribution in [-0.2, 0) is 9.53 Å². The van der Waals surface area contributed by atoms with Crippen LogP contribution in [0.4, 0.5) is 4.79 Å². The Bertz CT molecular complexity index is 461. The standard InChI is InChI=1S/C16H26N2O4/c1-22-15(6-2-3-7-15)10-17-14(21)18-9-12-5-4-8-16(12,11-18)13(19)20/h12H,2-11H2,1H3,(H,17,21)(H,19,20)/t12-,16+/m0/s1. The van der Waals surface area contributed by atoms with E-state index in [-0.39, 0.29) is 17.6 Å². The van der Waals surface area contributed by atoms with Crippen molar-refractivity contribution in [3.05, 3.63) is 0 Å². The summed E-state index contributed by atoms with van der Waals surface area (Å²) in [7, 11) is 1.71. The molecule has 0 spiro atoms. The fourth-order valence-electron chi connectivity index (χ4n) is 4.61. The van der Waals surface area contributed by atoms with E-state index in [4.69, 9.17) is 4.74 Å². The van der Waals surface area contributed by atoms with Crippen LogP contribution in [-0.4, -0.2) is 54.4 Å². The van der Waals surface area contributed by atoms with Crippen molar-refractivity contribution in [1.82, 2.24) is 10.2 Å². The maximum absolute atomic E-state index is 12.4. The highest BCUT2D eigenvalue weighted by Crippen LogP contribution is 2.48. The van der Waals surface area contributed by atoms with Gasteiger partial charge < -0.3 is 20.1 Å². The van der Waals surface area contributed by atoms with Gasteiger partial charge in [0.2, 0.25) is 0 Å². The van der Waals surface area contributed by atoms with E-state index in [0.29, 0.717) is 26.1 Å². The minimum absolute atomic E-state index is 0.110. The molecule has 2 aliphatic carbocycles. The highest BCUT2D eigenvalue weighted by molar-refractivity contribution is 5.80. The number of hydrogen-bond acceptors (Lipinski definition) is 3. The summed E-state index contributed by atoms with van der Waals surface area (Å²) in [6, 6.07) is -0.140. The van der Waals surface area contributed by atoms with Gasteiger partial charge in [0, 0.05) is 26.7 Å². The van der Waals surface area contributed by atoms with Gasteiger partial charge >= 0.3 is 12.0 Å². The number of carbonyl (C=O) groups is 2. The van der Waals surface area contributed by atoms with Crippen LogP contribution < -0.4 is 5.32 Å². The summed E-state index contributed by atoms with van der Waals surface area (Å²) in [5.74, 6) is -0.631. The van der Waals surface area contributed by atoms with Crippen LogP contribution in [0.3, 0.4) is 0 Å². The number of hydrogen-bond donors (Lipinski definition) is 2. The Kier molecular flexibility index (Phi) is 4.05. The number of likely N-dealkylation sites (tertiary alicyclic amines) is 1. The smallest absolute Gasteiger partial charge is 0.317 e. The number of aliphatic carboxylic acids is 1. The lowest BCUT2D eigenvalue weighted by Gasteiger charge is -2.29. The zero-order valence-corrected chi connectivity index (χ0v) is 13.3. The van der Waals surface area contributed by atoms with Crippen molar-refractivity contribution in [1.29, 1.82) is 0 Å². The second kappa shape index (κ2) is 5.72. The number of amides is 2. The van der Waals surface area contributed by atoms with Crippen LogP contribution in [0.2, 0.25) is 0 Å². The van der Waals surface area contributed by atoms with Crippen molar-refractivity contribution in [2.75, 3.05) is 26.7 Å². The molecule has 2 atom stereocenters. The molecule has 2 amide bonds. The molecular formula is C16H26N2O4. The van der Waals surface area contributed by atoms with Crippen LogP contribution in [0.1, 0.15) is 44.9 Å². The monoisotopic (exact) mass is 310 g/mol. The van der Waals surface area contributed by atoms with Gasteiger partial charge in [0.15, 0.2) is 0 Å². The summed E-state index contributed by atoms with van der Waals surface area (Å²) in [5, 5.41) is 12.5. The van der Waals surface area contributed by atoms with Crippen molar-refractivity contribution in [2.45, 2.75) is 50.5 Å². The van der Waals surface area contributed by atoms with Gasteiger partial charge in [-0.1, -0.05) is 19.3 Å². The number of urea groups is 1. The van der Waals surface area contributed by atoms with Gasteiger partial charge in [-0.15, -0.1) is 0 Å². The Labute approximate surface area is 131 Å². The van der Waals surface area contributed by atoms with Crippen LogP contribution in [0.5, 0.6) is 0 Å². The third-order valence-corrected chi connectivity index (χ3v) is 6.09. The summed E-state index contributed by atoms with van der Waals surface area (Å²) >= 11 is 0. The zero-order valence-electron chi connectivity index (χ0n) is 13.3. The molecule has 6 nitrogen and oxygen atoms in total. The Morgan fingerprint density at radius 2 is 2.00 bits per heavy atom. The lowest BCUT2D eigenvalue weighted by molar-refractivity contribution is -0.149. The molecule has 1 heterocycles. The Hall–Kier alpha value is -1.30. The molecule has 3 fully saturated rings. The Balaban J connectivity index is 1.59. The SMILES string of the molecule is COC1(CNC(=O)N2C[C@@H]3CCC[C@@]3(C(=O)O)C2)CCCC1. The predicted octanol–water partition coefficient (Wildman–Crippen LogP) is 1.84. The molecule has 2 N–H and O–H groups in total. The number of fused-ring (bicyclic) bond motifs is 1. The van der Waals surface area contributed by atoms with Gasteiger partial charge in [0.1, 0.15) is 0 Å². The molecule has 0 aromatic heterocycles. The first-order valence-electron chi connectivity index (χ1n) is 8.33. The first-order valence-corrected chi connectivity index (χ1v) is 8.33. The highest BCUT2D eigenvalue weighted by atomic mass is 16.5. The van der Waals surface area contributed by atoms with E-state index in [1.54, 1.807) is 12.0 Å². The van der Waals surface area contributed by atoms with E-state index in [1.807, 2.05) is 0 Å². The van der Waals surface area contributed by atoms with Crippen molar-refractivity contribution < 1.29 is 19.4 Å². The molecule has 3 aliphatic rings. The summed E-state index contributed by atoms with van der Waals surface area (Å²) in [5.41, 5.74) is -0.931. The number of nitrogens with one attached hydrogen (secondary N) is 1. The fraction of sp³-hybridized carbons (Fsp3) is 0.875. The summed E-state index contributed by atoms with van der Waals surface area (Å²) in [6.45, 7) is 1.43. The Morgan fingerprint density at radius 1 is 1.27 bits per heavy atom. The molecule has 1 saturated heterocycles. The topological polar surface area (TPSA) is 78.9 Å². The first kappa shape index (κ1) is 15.6. The predicted molar refractivity (Wildman–Crippen MR) is 80.6 cm³/mol. The first-order chi connectivity index (χ1) is 10.5. The number of carbonyl (C=O) groups excluding carboxylic acids is 1. The molecule has 22 heavy (non-hydrogen) atoms. The van der Waals surface area contributed by atoms with Crippen molar-refractivity contribution in [3.8, 4) is 0 Å². The second-order valence-electron chi connectivity index (χ2n) is 7.18. The lowest BCUT2D eigenvalue weighted by atomic mass is 9.81. The number of rotatable bonds is 4. The normalized spacial score (nSPS) is 33.0. The summed E-state index contributed by atoms with van der Waals surface area (Å²) in [4.78, 5) is 25.8. The minimum atomic E-state index is -0.741. The number of ether oxygens (including phenoxy) is 1. The largest absolute Gasteiger partial charge is 0.481 e. The lowest BCUT2D eigenvalue weighted by Crippen LogP contribution is -2.48. The van der Waals surface area contributed by atoms with Crippen LogP contribution in [0.15, 0.2) is 0 Å². The van der Waals surface area contributed by atoms with Gasteiger partial charge in [0.25, 0.3) is 0 Å². The number of nitrogens with zero attached hydrogens (tertiary/aromatic N) is 1. The fourth-order valence-corrected chi connectivity index (χ4v) is 4.61. The quantitative estimate of drug-likeness (QED) is 0.830. The molecule has 0 aromatic rings. The summed E-state index contributed by atoms with van der Waals surface area (Å²) in [6.07, 6.45) is 6.79. The van der Waals surface area contributed by atoms with Crippen molar-refractivity contribution in [2.24, 2.45) is 11.3 Å². The van der Waals surface area contributed by atoms with E-state index in [1.165, 1.54) is 0 Å². The van der Waals surface area contributed by atoms with Gasteiger partial charge in [-0.25, -0.2) is 4.79 Å². The molecule has 2 saturated carbocycles. The number of methoxy groups -OCH3 is 1. The van der Waals surface area contributed by atoms with Crippen molar-refractivity contribution >= 4 is 12.0 Å². The molecule has 3 rings (SSSR count). The van der Waals surface area contributed by atoms with Crippen molar-refractivity contribution in [3.63, 3.8) is 0 Å². The molecule has 6 heteroatoms. The summed E-state index contributed by atoms with van der Waals surface area (Å²) < 4.78 is 5.62. The third kappa shape index (κ3) is 2.47. The van der Waals surface area contributed by atoms with Crippen LogP contribution in [0, 0.1) is 11.3 Å². The van der Waals surface area contributed by atoms with E-state index < -0.39 is 11.4 Å². The van der Waals surface area contributed by atoms with Crippen LogP contribution in [0.25, 0.3) is 0 Å². The minimum Gasteiger partial charge on any atom is -0.481 e. The maximum atomic E-state index is 12.4. The average Bonchev–Trinajstić information content (AvgIpc) is 3.18. The number of carboxylic acid groups (broad SMARTS) is 1. The molecular weight excluding hydrogens is 284 g/mol. The molecule has 0 bridgehead atoms. The van der Waals surface area contributed by atoms with Gasteiger partial charge in [-0.3, -0.25) is 4.79 Å². The van der Waals surface area contributed by atoms with Gasteiger partial charge in [0.05, 0.1) is 11.0 Å². The molecule has 124 valence electrons. The van der Waals surface area contributed by atoms with E-state index in [2.05, 4.69) is 5.32 Å². The molecule has 0 aromatic carbocycles. The van der Waals surface area contributed by atoms with Crippen LogP contribution >= 0.6 is 0 Å². The average molecular weight is 310 g/mol. The molecule has 1 aliphatic heterocycles. The van der Waals surface area contributed by atoms with Gasteiger partial charge in [-0.2, -0.15) is 0 Å². The third-order valence-electron chi connectivity index (χ3n) is 6.09. The maximum Gasteiger partial charge on any atom is 0.317 e. The Morgan fingerprint density at radius 3 is 2.59 bits per heavy atom. The molecule has 0 radical (unpaired) electrons. The highest BCUT2D eigenvalue weighted by Gasteiger charge is 2.55. The number of carboxylic acids is 1.